The van der Waals surface area contributed by atoms with Gasteiger partial charge in [0.25, 0.3) is 5.91 Å². The third-order valence-corrected chi connectivity index (χ3v) is 7.13. The highest BCUT2D eigenvalue weighted by molar-refractivity contribution is 9.10. The maximum Gasteiger partial charge on any atom is 0.252 e. The minimum atomic E-state index is -0.00797. The largest absolute Gasteiger partial charge is 0.362 e. The van der Waals surface area contributed by atoms with Crippen molar-refractivity contribution in [1.82, 2.24) is 15.3 Å². The molecule has 31 heavy (non-hydrogen) atoms. The Hall–Kier alpha value is -2.15. The van der Waals surface area contributed by atoms with E-state index in [2.05, 4.69) is 45.6 Å². The lowest BCUT2D eigenvalue weighted by atomic mass is 9.86. The van der Waals surface area contributed by atoms with Crippen molar-refractivity contribution in [2.75, 3.05) is 30.9 Å². The van der Waals surface area contributed by atoms with Gasteiger partial charge >= 0.3 is 0 Å². The predicted molar refractivity (Wildman–Crippen MR) is 129 cm³/mol. The Balaban J connectivity index is 1.30. The van der Waals surface area contributed by atoms with E-state index in [1.807, 2.05) is 24.3 Å². The quantitative estimate of drug-likeness (QED) is 0.626. The minimum absolute atomic E-state index is 0.00797. The Morgan fingerprint density at radius 2 is 1.84 bits per heavy atom. The Bertz CT molecular complexity index is 924. The molecule has 0 unspecified atom stereocenters. The first kappa shape index (κ1) is 22.1. The number of nitrogens with zero attached hydrogens (tertiary/aromatic N) is 3. The van der Waals surface area contributed by atoms with E-state index in [1.54, 1.807) is 0 Å². The van der Waals surface area contributed by atoms with Crippen LogP contribution in [-0.4, -0.2) is 42.6 Å². The van der Waals surface area contributed by atoms with Crippen molar-refractivity contribution < 1.29 is 4.79 Å². The van der Waals surface area contributed by atoms with Crippen molar-refractivity contribution in [2.24, 2.45) is 5.92 Å². The first-order valence-corrected chi connectivity index (χ1v) is 12.2. The molecule has 0 atom stereocenters. The molecule has 1 saturated carbocycles. The molecule has 0 radical (unpaired) electrons. The fourth-order valence-corrected chi connectivity index (χ4v) is 5.14. The summed E-state index contributed by atoms with van der Waals surface area (Å²) in [7, 11) is 4.13. The van der Waals surface area contributed by atoms with Crippen molar-refractivity contribution >= 4 is 33.6 Å². The van der Waals surface area contributed by atoms with Gasteiger partial charge in [-0.3, -0.25) is 4.79 Å². The number of carbonyl (C=O) groups is 1. The van der Waals surface area contributed by atoms with E-state index in [9.17, 15) is 4.79 Å². The van der Waals surface area contributed by atoms with E-state index in [4.69, 9.17) is 9.97 Å². The number of benzene rings is 1. The van der Waals surface area contributed by atoms with Gasteiger partial charge in [0.15, 0.2) is 0 Å². The molecule has 1 aromatic heterocycles. The Morgan fingerprint density at radius 1 is 1.10 bits per heavy atom. The van der Waals surface area contributed by atoms with Gasteiger partial charge in [-0.2, -0.15) is 4.98 Å². The first-order valence-electron chi connectivity index (χ1n) is 11.4. The molecule has 2 aromatic rings. The molecule has 1 amide bonds. The Kier molecular flexibility index (Phi) is 7.10. The summed E-state index contributed by atoms with van der Waals surface area (Å²) in [6.45, 7) is 0.729. The number of aryl methyl sites for hydroxylation is 1. The molecule has 1 fully saturated rings. The fraction of sp³-hybridized carbons (Fsp3) is 0.542. The summed E-state index contributed by atoms with van der Waals surface area (Å²) < 4.78 is 0.836. The molecule has 2 aliphatic rings. The van der Waals surface area contributed by atoms with Gasteiger partial charge in [0.2, 0.25) is 5.95 Å². The number of nitrogens with one attached hydrogen (secondary N) is 2. The molecule has 166 valence electrons. The lowest BCUT2D eigenvalue weighted by Gasteiger charge is -2.30. The second-order valence-corrected chi connectivity index (χ2v) is 9.80. The van der Waals surface area contributed by atoms with Crippen LogP contribution < -0.4 is 15.5 Å². The van der Waals surface area contributed by atoms with E-state index in [0.29, 0.717) is 17.5 Å². The van der Waals surface area contributed by atoms with Crippen molar-refractivity contribution in [2.45, 2.75) is 57.4 Å². The van der Waals surface area contributed by atoms with E-state index < -0.39 is 0 Å². The lowest BCUT2D eigenvalue weighted by Crippen LogP contribution is -2.34. The van der Waals surface area contributed by atoms with Crippen molar-refractivity contribution in [3.8, 4) is 0 Å². The van der Waals surface area contributed by atoms with Gasteiger partial charge in [0.05, 0.1) is 11.3 Å². The topological polar surface area (TPSA) is 70.2 Å². The summed E-state index contributed by atoms with van der Waals surface area (Å²) >= 11 is 3.46. The van der Waals surface area contributed by atoms with Crippen LogP contribution in [0.15, 0.2) is 28.7 Å². The summed E-state index contributed by atoms with van der Waals surface area (Å²) in [5.41, 5.74) is 3.24. The number of halogens is 1. The second kappa shape index (κ2) is 9.98. The molecule has 1 aromatic carbocycles. The maximum absolute atomic E-state index is 12.4. The summed E-state index contributed by atoms with van der Waals surface area (Å²) in [4.78, 5) is 24.3. The van der Waals surface area contributed by atoms with Crippen LogP contribution in [-0.2, 0) is 12.8 Å². The molecular formula is C24H32BrN5O. The number of hydrogen-bond acceptors (Lipinski definition) is 5. The van der Waals surface area contributed by atoms with Crippen molar-refractivity contribution in [3.05, 3.63) is 45.6 Å². The zero-order valence-electron chi connectivity index (χ0n) is 18.5. The Morgan fingerprint density at radius 3 is 2.58 bits per heavy atom. The molecule has 0 saturated heterocycles. The van der Waals surface area contributed by atoms with Crippen LogP contribution in [0.4, 0.5) is 11.8 Å². The maximum atomic E-state index is 12.4. The molecule has 2 aliphatic carbocycles. The van der Waals surface area contributed by atoms with Gasteiger partial charge in [0, 0.05) is 36.7 Å². The molecule has 0 bridgehead atoms. The summed E-state index contributed by atoms with van der Waals surface area (Å²) in [6, 6.07) is 7.95. The van der Waals surface area contributed by atoms with Crippen LogP contribution in [0, 0.1) is 5.92 Å². The van der Waals surface area contributed by atoms with Crippen LogP contribution in [0.1, 0.15) is 60.1 Å². The van der Waals surface area contributed by atoms with Gasteiger partial charge in [-0.25, -0.2) is 4.98 Å². The van der Waals surface area contributed by atoms with E-state index in [-0.39, 0.29) is 5.91 Å². The van der Waals surface area contributed by atoms with Gasteiger partial charge in [-0.15, -0.1) is 0 Å². The number of anilines is 2. The molecule has 0 spiro atoms. The van der Waals surface area contributed by atoms with Crippen LogP contribution >= 0.6 is 15.9 Å². The zero-order chi connectivity index (χ0) is 21.8. The van der Waals surface area contributed by atoms with Crippen LogP contribution in [0.2, 0.25) is 0 Å². The zero-order valence-corrected chi connectivity index (χ0v) is 20.0. The van der Waals surface area contributed by atoms with E-state index in [1.165, 1.54) is 24.1 Å². The van der Waals surface area contributed by atoms with E-state index in [0.717, 1.165) is 61.3 Å². The normalized spacial score (nSPS) is 20.6. The highest BCUT2D eigenvalue weighted by atomic mass is 79.9. The number of carbonyl (C=O) groups excluding carboxylic acids is 1. The lowest BCUT2D eigenvalue weighted by molar-refractivity contribution is 0.0942. The van der Waals surface area contributed by atoms with Gasteiger partial charge in [-0.1, -0.05) is 12.1 Å². The minimum Gasteiger partial charge on any atom is -0.362 e. The Labute approximate surface area is 193 Å². The molecule has 1 heterocycles. The molecule has 0 aliphatic heterocycles. The number of fused-ring (bicyclic) bond motifs is 1. The molecule has 2 N–H and O–H groups in total. The SMILES string of the molecule is CN(C)c1nc(N[C@H]2CC[C@@H](CNC(=O)c3ccccc3Br)CC2)nc2c1CCCC2. The van der Waals surface area contributed by atoms with Gasteiger partial charge in [-0.05, 0) is 85.3 Å². The van der Waals surface area contributed by atoms with Crippen LogP contribution in [0.5, 0.6) is 0 Å². The molecular weight excluding hydrogens is 454 g/mol. The highest BCUT2D eigenvalue weighted by Gasteiger charge is 2.24. The smallest absolute Gasteiger partial charge is 0.252 e. The van der Waals surface area contributed by atoms with Crippen LogP contribution in [0.3, 0.4) is 0 Å². The molecule has 4 rings (SSSR count). The van der Waals surface area contributed by atoms with Gasteiger partial charge < -0.3 is 15.5 Å². The van der Waals surface area contributed by atoms with Crippen molar-refractivity contribution in [3.63, 3.8) is 0 Å². The fourth-order valence-electron chi connectivity index (χ4n) is 4.68. The summed E-state index contributed by atoms with van der Waals surface area (Å²) in [5, 5.41) is 6.71. The number of hydrogen-bond donors (Lipinski definition) is 2. The summed E-state index contributed by atoms with van der Waals surface area (Å²) in [6.07, 6.45) is 8.93. The standard InChI is InChI=1S/C24H32BrN5O/c1-30(2)22-19-8-4-6-10-21(19)28-24(29-22)27-17-13-11-16(12-14-17)15-26-23(31)18-7-3-5-9-20(18)25/h3,5,7,9,16-17H,4,6,8,10-15H2,1-2H3,(H,26,31)(H,27,28,29)/t16-,17+. The predicted octanol–water partition coefficient (Wildman–Crippen LogP) is 4.58. The highest BCUT2D eigenvalue weighted by Crippen LogP contribution is 2.30. The third kappa shape index (κ3) is 5.37. The molecule has 7 heteroatoms. The van der Waals surface area contributed by atoms with E-state index >= 15 is 0 Å². The van der Waals surface area contributed by atoms with Crippen LogP contribution in [0.25, 0.3) is 0 Å². The number of aromatic nitrogens is 2. The first-order chi connectivity index (χ1) is 15.0. The molecule has 6 nitrogen and oxygen atoms in total. The van der Waals surface area contributed by atoms with Gasteiger partial charge in [0.1, 0.15) is 5.82 Å². The average molecular weight is 486 g/mol. The monoisotopic (exact) mass is 485 g/mol. The number of rotatable bonds is 6. The third-order valence-electron chi connectivity index (χ3n) is 6.43. The number of amides is 1. The second-order valence-electron chi connectivity index (χ2n) is 8.95. The average Bonchev–Trinajstić information content (AvgIpc) is 2.78. The summed E-state index contributed by atoms with van der Waals surface area (Å²) in [5.74, 6) is 2.35. The van der Waals surface area contributed by atoms with Crippen molar-refractivity contribution in [1.29, 1.82) is 0 Å².